The van der Waals surface area contributed by atoms with E-state index in [0.29, 0.717) is 11.3 Å². The monoisotopic (exact) mass is 302 g/mol. The van der Waals surface area contributed by atoms with E-state index in [4.69, 9.17) is 14.6 Å². The van der Waals surface area contributed by atoms with Gasteiger partial charge in [0.1, 0.15) is 19.0 Å². The van der Waals surface area contributed by atoms with Crippen LogP contribution in [0.15, 0.2) is 24.3 Å². The van der Waals surface area contributed by atoms with Crippen molar-refractivity contribution in [2.24, 2.45) is 0 Å². The van der Waals surface area contributed by atoms with Crippen molar-refractivity contribution in [3.8, 4) is 17.6 Å². The van der Waals surface area contributed by atoms with E-state index in [1.165, 1.54) is 0 Å². The first kappa shape index (κ1) is 17.3. The number of rotatable bonds is 7. The SMILES string of the molecule is OCC#Cc1cccc(OCCOCCCC(F)(F)F)c1. The average Bonchev–Trinajstić information content (AvgIpc) is 2.43. The summed E-state index contributed by atoms with van der Waals surface area (Å²) in [5.74, 6) is 5.87. The Morgan fingerprint density at radius 3 is 2.67 bits per heavy atom. The molecule has 0 saturated carbocycles. The van der Waals surface area contributed by atoms with Crippen LogP contribution in [0, 0.1) is 11.8 Å². The van der Waals surface area contributed by atoms with Crippen molar-refractivity contribution in [2.45, 2.75) is 19.0 Å². The Morgan fingerprint density at radius 2 is 1.95 bits per heavy atom. The van der Waals surface area contributed by atoms with Gasteiger partial charge in [0, 0.05) is 18.6 Å². The molecule has 0 atom stereocenters. The third kappa shape index (κ3) is 8.95. The second-order valence-electron chi connectivity index (χ2n) is 4.17. The van der Waals surface area contributed by atoms with Crippen LogP contribution in [-0.4, -0.2) is 37.7 Å². The van der Waals surface area contributed by atoms with Gasteiger partial charge >= 0.3 is 6.18 Å². The highest BCUT2D eigenvalue weighted by atomic mass is 19.4. The highest BCUT2D eigenvalue weighted by Gasteiger charge is 2.25. The van der Waals surface area contributed by atoms with Crippen LogP contribution in [0.25, 0.3) is 0 Å². The molecule has 0 amide bonds. The number of benzene rings is 1. The molecule has 0 aliphatic carbocycles. The molecule has 0 aliphatic heterocycles. The quantitative estimate of drug-likeness (QED) is 0.622. The topological polar surface area (TPSA) is 38.7 Å². The van der Waals surface area contributed by atoms with Crippen molar-refractivity contribution in [3.05, 3.63) is 29.8 Å². The lowest BCUT2D eigenvalue weighted by Gasteiger charge is -2.08. The Kier molecular flexibility index (Phi) is 7.65. The number of aliphatic hydroxyl groups excluding tert-OH is 1. The molecule has 0 bridgehead atoms. The number of ether oxygens (including phenoxy) is 2. The summed E-state index contributed by atoms with van der Waals surface area (Å²) in [6.45, 7) is 0.328. The minimum absolute atomic E-state index is 0.0459. The van der Waals surface area contributed by atoms with Gasteiger partial charge in [-0.15, -0.1) is 0 Å². The molecule has 1 rings (SSSR count). The fraction of sp³-hybridized carbons (Fsp3) is 0.467. The van der Waals surface area contributed by atoms with Crippen molar-refractivity contribution in [1.82, 2.24) is 0 Å². The first-order valence-corrected chi connectivity index (χ1v) is 6.48. The minimum atomic E-state index is -4.13. The molecule has 21 heavy (non-hydrogen) atoms. The van der Waals surface area contributed by atoms with Crippen LogP contribution in [0.4, 0.5) is 13.2 Å². The maximum atomic E-state index is 11.9. The highest BCUT2D eigenvalue weighted by Crippen LogP contribution is 2.21. The molecule has 0 aliphatic rings. The first-order chi connectivity index (χ1) is 10.0. The molecule has 3 nitrogen and oxygen atoms in total. The van der Waals surface area contributed by atoms with E-state index in [0.717, 1.165) is 0 Å². The molecule has 0 saturated heterocycles. The Hall–Kier alpha value is -1.71. The van der Waals surface area contributed by atoms with Crippen molar-refractivity contribution < 1.29 is 27.8 Å². The summed E-state index contributed by atoms with van der Waals surface area (Å²) in [5.41, 5.74) is 0.715. The van der Waals surface area contributed by atoms with E-state index >= 15 is 0 Å². The van der Waals surface area contributed by atoms with E-state index in [1.807, 2.05) is 0 Å². The van der Waals surface area contributed by atoms with Gasteiger partial charge in [-0.3, -0.25) is 0 Å². The smallest absolute Gasteiger partial charge is 0.389 e. The van der Waals surface area contributed by atoms with Crippen molar-refractivity contribution in [2.75, 3.05) is 26.4 Å². The van der Waals surface area contributed by atoms with Crippen LogP contribution in [0.5, 0.6) is 5.75 Å². The molecule has 116 valence electrons. The van der Waals surface area contributed by atoms with Crippen molar-refractivity contribution in [3.63, 3.8) is 0 Å². The average molecular weight is 302 g/mol. The second kappa shape index (κ2) is 9.27. The molecule has 0 spiro atoms. The zero-order valence-corrected chi connectivity index (χ0v) is 11.4. The Morgan fingerprint density at radius 1 is 1.14 bits per heavy atom. The zero-order valence-electron chi connectivity index (χ0n) is 11.4. The first-order valence-electron chi connectivity index (χ1n) is 6.48. The molecule has 0 radical (unpaired) electrons. The molecule has 6 heteroatoms. The Bertz CT molecular complexity index is 475. The molecule has 0 aromatic heterocycles. The maximum Gasteiger partial charge on any atom is 0.389 e. The number of hydrogen-bond acceptors (Lipinski definition) is 3. The van der Waals surface area contributed by atoms with Crippen LogP contribution in [-0.2, 0) is 4.74 Å². The molecular formula is C15H17F3O3. The predicted molar refractivity (Wildman–Crippen MR) is 72.0 cm³/mol. The summed E-state index contributed by atoms with van der Waals surface area (Å²) in [6, 6.07) is 7.00. The molecule has 1 aromatic rings. The van der Waals surface area contributed by atoms with Crippen LogP contribution in [0.3, 0.4) is 0 Å². The van der Waals surface area contributed by atoms with Crippen molar-refractivity contribution in [1.29, 1.82) is 0 Å². The summed E-state index contributed by atoms with van der Waals surface area (Å²) in [5, 5.41) is 8.60. The summed E-state index contributed by atoms with van der Waals surface area (Å²) in [6.07, 6.45) is -5.01. The molecule has 0 fully saturated rings. The largest absolute Gasteiger partial charge is 0.491 e. The van der Waals surface area contributed by atoms with Crippen molar-refractivity contribution >= 4 is 0 Å². The lowest BCUT2D eigenvalue weighted by molar-refractivity contribution is -0.138. The van der Waals surface area contributed by atoms with Gasteiger partial charge < -0.3 is 14.6 Å². The lowest BCUT2D eigenvalue weighted by Crippen LogP contribution is -2.11. The van der Waals surface area contributed by atoms with Crippen LogP contribution >= 0.6 is 0 Å². The van der Waals surface area contributed by atoms with Crippen LogP contribution in [0.2, 0.25) is 0 Å². The normalized spacial score (nSPS) is 10.9. The van der Waals surface area contributed by atoms with Gasteiger partial charge in [-0.05, 0) is 24.6 Å². The number of halogens is 3. The fourth-order valence-electron chi connectivity index (χ4n) is 1.50. The number of alkyl halides is 3. The second-order valence-corrected chi connectivity index (χ2v) is 4.17. The van der Waals surface area contributed by atoms with Gasteiger partial charge in [0.05, 0.1) is 6.61 Å². The van der Waals surface area contributed by atoms with Gasteiger partial charge in [-0.25, -0.2) is 0 Å². The van der Waals surface area contributed by atoms with E-state index in [9.17, 15) is 13.2 Å². The van der Waals surface area contributed by atoms with Gasteiger partial charge in [0.15, 0.2) is 0 Å². The standard InChI is InChI=1S/C15H17F3O3/c16-15(17,18)7-3-9-20-10-11-21-14-6-1-4-13(12-14)5-2-8-19/h1,4,6,12,19H,3,7-11H2. The van der Waals surface area contributed by atoms with Gasteiger partial charge in [0.2, 0.25) is 0 Å². The third-order valence-corrected chi connectivity index (χ3v) is 2.39. The van der Waals surface area contributed by atoms with Gasteiger partial charge in [0.25, 0.3) is 0 Å². The van der Waals surface area contributed by atoms with E-state index in [2.05, 4.69) is 11.8 Å². The van der Waals surface area contributed by atoms with Crippen LogP contribution < -0.4 is 4.74 Å². The Balaban J connectivity index is 2.18. The summed E-state index contributed by atoms with van der Waals surface area (Å²) < 4.78 is 46.1. The highest BCUT2D eigenvalue weighted by molar-refractivity contribution is 5.39. The summed E-state index contributed by atoms with van der Waals surface area (Å²) in [4.78, 5) is 0. The van der Waals surface area contributed by atoms with E-state index < -0.39 is 12.6 Å². The molecule has 0 heterocycles. The van der Waals surface area contributed by atoms with Gasteiger partial charge in [-0.2, -0.15) is 13.2 Å². The number of aliphatic hydroxyl groups is 1. The zero-order chi connectivity index (χ0) is 15.6. The fourth-order valence-corrected chi connectivity index (χ4v) is 1.50. The third-order valence-electron chi connectivity index (χ3n) is 2.39. The summed E-state index contributed by atoms with van der Waals surface area (Å²) in [7, 11) is 0. The molecular weight excluding hydrogens is 285 g/mol. The van der Waals surface area contributed by atoms with Gasteiger partial charge in [-0.1, -0.05) is 17.9 Å². The van der Waals surface area contributed by atoms with E-state index in [-0.39, 0.29) is 32.8 Å². The maximum absolute atomic E-state index is 11.9. The Labute approximate surface area is 121 Å². The lowest BCUT2D eigenvalue weighted by atomic mass is 10.2. The molecule has 0 unspecified atom stereocenters. The minimum Gasteiger partial charge on any atom is -0.491 e. The molecule has 1 N–H and O–H groups in total. The summed E-state index contributed by atoms with van der Waals surface area (Å²) >= 11 is 0. The predicted octanol–water partition coefficient (Wildman–Crippen LogP) is 2.77. The number of hydrogen-bond donors (Lipinski definition) is 1. The van der Waals surface area contributed by atoms with E-state index in [1.54, 1.807) is 24.3 Å². The van der Waals surface area contributed by atoms with Crippen LogP contribution in [0.1, 0.15) is 18.4 Å². The molecule has 1 aromatic carbocycles.